The summed E-state index contributed by atoms with van der Waals surface area (Å²) in [7, 11) is 0. The molecule has 0 radical (unpaired) electrons. The summed E-state index contributed by atoms with van der Waals surface area (Å²) in [6.45, 7) is 4.11. The summed E-state index contributed by atoms with van der Waals surface area (Å²) in [6.07, 6.45) is 5.25. The first kappa shape index (κ1) is 9.41. The monoisotopic (exact) mass is 189 g/mol. The first-order valence-corrected chi connectivity index (χ1v) is 4.94. The van der Waals surface area contributed by atoms with E-state index in [9.17, 15) is 5.11 Å². The topological polar surface area (TPSA) is 33.1 Å². The Kier molecular flexibility index (Phi) is 2.16. The van der Waals surface area contributed by atoms with Gasteiger partial charge in [-0.2, -0.15) is 0 Å². The second kappa shape index (κ2) is 3.21. The number of rotatable bonds is 1. The molecule has 14 heavy (non-hydrogen) atoms. The number of hydrogen-bond acceptors (Lipinski definition) is 2. The quantitative estimate of drug-likeness (QED) is 0.688. The summed E-state index contributed by atoms with van der Waals surface area (Å²) in [5, 5.41) is 10.5. The van der Waals surface area contributed by atoms with E-state index in [1.807, 2.05) is 19.1 Å². The highest BCUT2D eigenvalue weighted by atomic mass is 16.3. The van der Waals surface area contributed by atoms with Crippen LogP contribution in [0.15, 0.2) is 35.7 Å². The number of aliphatic hydroxyl groups is 1. The number of hydrogen-bond donors (Lipinski definition) is 1. The molecule has 0 bridgehead atoms. The third-order valence-electron chi connectivity index (χ3n) is 3.28. The Morgan fingerprint density at radius 2 is 1.93 bits per heavy atom. The molecule has 1 aromatic rings. The largest absolute Gasteiger partial charge is 0.381 e. The minimum absolute atomic E-state index is 0.743. The molecule has 1 heterocycles. The molecule has 1 atom stereocenters. The van der Waals surface area contributed by atoms with E-state index in [0.717, 1.165) is 24.0 Å². The Bertz CT molecular complexity index is 369. The van der Waals surface area contributed by atoms with E-state index in [1.165, 1.54) is 5.57 Å². The fraction of sp³-hybridized carbons (Fsp3) is 0.417. The zero-order valence-electron chi connectivity index (χ0n) is 8.62. The molecule has 1 N–H and O–H groups in total. The van der Waals surface area contributed by atoms with Gasteiger partial charge in [0.25, 0.3) is 0 Å². The van der Waals surface area contributed by atoms with Gasteiger partial charge in [0.15, 0.2) is 0 Å². The Labute approximate surface area is 84.3 Å². The molecule has 0 saturated carbocycles. The van der Waals surface area contributed by atoms with Crippen molar-refractivity contribution in [3.8, 4) is 0 Å². The normalized spacial score (nSPS) is 27.1. The second-order valence-corrected chi connectivity index (χ2v) is 4.00. The molecule has 1 aromatic heterocycles. The molecule has 74 valence electrons. The molecule has 2 nitrogen and oxygen atoms in total. The van der Waals surface area contributed by atoms with Crippen LogP contribution in [-0.2, 0) is 5.60 Å². The van der Waals surface area contributed by atoms with Crippen molar-refractivity contribution in [3.63, 3.8) is 0 Å². The molecule has 0 saturated heterocycles. The first-order valence-electron chi connectivity index (χ1n) is 4.94. The van der Waals surface area contributed by atoms with Crippen LogP contribution in [0.3, 0.4) is 0 Å². The van der Waals surface area contributed by atoms with Crippen LogP contribution in [-0.4, -0.2) is 10.1 Å². The predicted molar refractivity (Wildman–Crippen MR) is 55.7 cm³/mol. The SMILES string of the molecule is CC1=C(C)C(O)(c2ccncc2)CC1. The zero-order valence-corrected chi connectivity index (χ0v) is 8.62. The lowest BCUT2D eigenvalue weighted by atomic mass is 9.88. The van der Waals surface area contributed by atoms with Crippen molar-refractivity contribution in [1.82, 2.24) is 4.98 Å². The zero-order chi connectivity index (χ0) is 10.2. The molecule has 0 amide bonds. The summed E-state index contributed by atoms with van der Waals surface area (Å²) in [4.78, 5) is 3.96. The van der Waals surface area contributed by atoms with E-state index in [1.54, 1.807) is 12.4 Å². The Hall–Kier alpha value is -1.15. The van der Waals surface area contributed by atoms with Gasteiger partial charge in [0, 0.05) is 12.4 Å². The molecule has 2 heteroatoms. The van der Waals surface area contributed by atoms with Crippen molar-refractivity contribution in [2.75, 3.05) is 0 Å². The van der Waals surface area contributed by atoms with Crippen molar-refractivity contribution in [2.45, 2.75) is 32.3 Å². The fourth-order valence-electron chi connectivity index (χ4n) is 2.08. The lowest BCUT2D eigenvalue weighted by Crippen LogP contribution is -2.23. The smallest absolute Gasteiger partial charge is 0.111 e. The number of aromatic nitrogens is 1. The van der Waals surface area contributed by atoms with Gasteiger partial charge >= 0.3 is 0 Å². The van der Waals surface area contributed by atoms with E-state index in [0.29, 0.717) is 0 Å². The number of nitrogens with zero attached hydrogens (tertiary/aromatic N) is 1. The summed E-state index contributed by atoms with van der Waals surface area (Å²) in [5.41, 5.74) is 2.63. The van der Waals surface area contributed by atoms with Gasteiger partial charge in [-0.3, -0.25) is 4.98 Å². The molecule has 0 aliphatic heterocycles. The van der Waals surface area contributed by atoms with Crippen LogP contribution in [0.2, 0.25) is 0 Å². The highest BCUT2D eigenvalue weighted by Crippen LogP contribution is 2.42. The molecule has 2 rings (SSSR count). The van der Waals surface area contributed by atoms with Gasteiger partial charge in [-0.15, -0.1) is 0 Å². The number of allylic oxidation sites excluding steroid dienone is 1. The van der Waals surface area contributed by atoms with Crippen LogP contribution in [0.25, 0.3) is 0 Å². The maximum atomic E-state index is 10.5. The van der Waals surface area contributed by atoms with Gasteiger partial charge in [0.1, 0.15) is 5.60 Å². The molecule has 0 fully saturated rings. The Morgan fingerprint density at radius 1 is 1.29 bits per heavy atom. The highest BCUT2D eigenvalue weighted by Gasteiger charge is 2.36. The Balaban J connectivity index is 2.45. The predicted octanol–water partition coefficient (Wildman–Crippen LogP) is 2.40. The van der Waals surface area contributed by atoms with Gasteiger partial charge in [-0.1, -0.05) is 5.57 Å². The average molecular weight is 189 g/mol. The molecular formula is C12H15NO. The van der Waals surface area contributed by atoms with Crippen molar-refractivity contribution in [2.24, 2.45) is 0 Å². The van der Waals surface area contributed by atoms with Crippen molar-refractivity contribution in [3.05, 3.63) is 41.2 Å². The molecule has 1 aliphatic rings. The maximum absolute atomic E-state index is 10.5. The van der Waals surface area contributed by atoms with E-state index in [4.69, 9.17) is 0 Å². The molecule has 0 spiro atoms. The highest BCUT2D eigenvalue weighted by molar-refractivity contribution is 5.36. The number of pyridine rings is 1. The van der Waals surface area contributed by atoms with Crippen molar-refractivity contribution in [1.29, 1.82) is 0 Å². The molecule has 1 aliphatic carbocycles. The maximum Gasteiger partial charge on any atom is 0.111 e. The van der Waals surface area contributed by atoms with E-state index in [-0.39, 0.29) is 0 Å². The van der Waals surface area contributed by atoms with Gasteiger partial charge in [-0.25, -0.2) is 0 Å². The third-order valence-corrected chi connectivity index (χ3v) is 3.28. The fourth-order valence-corrected chi connectivity index (χ4v) is 2.08. The summed E-state index contributed by atoms with van der Waals surface area (Å²) >= 11 is 0. The van der Waals surface area contributed by atoms with Crippen LogP contribution < -0.4 is 0 Å². The lowest BCUT2D eigenvalue weighted by Gasteiger charge is -2.25. The molecular weight excluding hydrogens is 174 g/mol. The van der Waals surface area contributed by atoms with Gasteiger partial charge < -0.3 is 5.11 Å². The van der Waals surface area contributed by atoms with Crippen molar-refractivity contribution < 1.29 is 5.11 Å². The van der Waals surface area contributed by atoms with E-state index in [2.05, 4.69) is 11.9 Å². The second-order valence-electron chi connectivity index (χ2n) is 4.00. The van der Waals surface area contributed by atoms with Crippen LogP contribution >= 0.6 is 0 Å². The third kappa shape index (κ3) is 1.26. The van der Waals surface area contributed by atoms with Crippen LogP contribution in [0.4, 0.5) is 0 Å². The van der Waals surface area contributed by atoms with Gasteiger partial charge in [0.05, 0.1) is 0 Å². The molecule has 1 unspecified atom stereocenters. The summed E-state index contributed by atoms with van der Waals surface area (Å²) in [6, 6.07) is 3.78. The standard InChI is InChI=1S/C12H15NO/c1-9-3-6-12(14,10(9)2)11-4-7-13-8-5-11/h4-5,7-8,14H,3,6H2,1-2H3. The van der Waals surface area contributed by atoms with Gasteiger partial charge in [0.2, 0.25) is 0 Å². The summed E-state index contributed by atoms with van der Waals surface area (Å²) < 4.78 is 0. The summed E-state index contributed by atoms with van der Waals surface area (Å²) in [5.74, 6) is 0. The lowest BCUT2D eigenvalue weighted by molar-refractivity contribution is 0.0773. The van der Waals surface area contributed by atoms with E-state index < -0.39 is 5.60 Å². The molecule has 0 aromatic carbocycles. The van der Waals surface area contributed by atoms with E-state index >= 15 is 0 Å². The van der Waals surface area contributed by atoms with Gasteiger partial charge in [-0.05, 0) is 50.0 Å². The van der Waals surface area contributed by atoms with Crippen molar-refractivity contribution >= 4 is 0 Å². The minimum atomic E-state index is -0.743. The van der Waals surface area contributed by atoms with Crippen LogP contribution in [0.1, 0.15) is 32.3 Å². The first-order chi connectivity index (χ1) is 6.64. The minimum Gasteiger partial charge on any atom is -0.381 e. The Morgan fingerprint density at radius 3 is 2.43 bits per heavy atom. The average Bonchev–Trinajstić information content (AvgIpc) is 2.49. The van der Waals surface area contributed by atoms with Crippen LogP contribution in [0, 0.1) is 0 Å². The van der Waals surface area contributed by atoms with Crippen LogP contribution in [0.5, 0.6) is 0 Å².